The zero-order valence-corrected chi connectivity index (χ0v) is 12.7. The molecule has 0 aromatic heterocycles. The molecule has 0 aliphatic heterocycles. The van der Waals surface area contributed by atoms with E-state index < -0.39 is 5.60 Å². The quantitative estimate of drug-likeness (QED) is 0.836. The molecular formula is C14H21BrFNO. The Bertz CT molecular complexity index is 393. The minimum atomic E-state index is -0.666. The first-order valence-electron chi connectivity index (χ1n) is 6.32. The summed E-state index contributed by atoms with van der Waals surface area (Å²) in [5, 5.41) is 13.5. The lowest BCUT2D eigenvalue weighted by Crippen LogP contribution is -2.40. The van der Waals surface area contributed by atoms with Gasteiger partial charge in [-0.15, -0.1) is 0 Å². The summed E-state index contributed by atoms with van der Waals surface area (Å²) in [6.45, 7) is 6.49. The first kappa shape index (κ1) is 15.6. The molecule has 18 heavy (non-hydrogen) atoms. The van der Waals surface area contributed by atoms with Gasteiger partial charge in [-0.25, -0.2) is 4.39 Å². The number of halogens is 2. The molecule has 0 fully saturated rings. The molecule has 1 atom stereocenters. The van der Waals surface area contributed by atoms with E-state index in [1.54, 1.807) is 6.07 Å². The number of rotatable bonds is 6. The fourth-order valence-electron chi connectivity index (χ4n) is 1.81. The average molecular weight is 318 g/mol. The SMILES string of the molecule is CCC(O)(CC)CNC(C)c1ccc(F)cc1Br. The summed E-state index contributed by atoms with van der Waals surface area (Å²) in [5.74, 6) is -0.253. The topological polar surface area (TPSA) is 32.3 Å². The Balaban J connectivity index is 2.68. The second kappa shape index (κ2) is 6.64. The Morgan fingerprint density at radius 1 is 1.39 bits per heavy atom. The minimum absolute atomic E-state index is 0.0598. The van der Waals surface area contributed by atoms with Crippen LogP contribution in [0.15, 0.2) is 22.7 Å². The average Bonchev–Trinajstić information content (AvgIpc) is 2.35. The second-order valence-electron chi connectivity index (χ2n) is 4.70. The fourth-order valence-corrected chi connectivity index (χ4v) is 2.50. The van der Waals surface area contributed by atoms with Crippen LogP contribution in [0.25, 0.3) is 0 Å². The maximum absolute atomic E-state index is 13.0. The first-order chi connectivity index (χ1) is 8.41. The van der Waals surface area contributed by atoms with Crippen LogP contribution in [0.1, 0.15) is 45.2 Å². The van der Waals surface area contributed by atoms with Crippen molar-refractivity contribution in [2.45, 2.75) is 45.3 Å². The van der Waals surface area contributed by atoms with Gasteiger partial charge in [0, 0.05) is 17.1 Å². The third-order valence-corrected chi connectivity index (χ3v) is 4.17. The number of hydrogen-bond acceptors (Lipinski definition) is 2. The van der Waals surface area contributed by atoms with Gasteiger partial charge in [0.2, 0.25) is 0 Å². The Kier molecular flexibility index (Phi) is 5.76. The summed E-state index contributed by atoms with van der Waals surface area (Å²) in [6, 6.07) is 4.72. The second-order valence-corrected chi connectivity index (χ2v) is 5.55. The summed E-state index contributed by atoms with van der Waals surface area (Å²) in [5.41, 5.74) is 0.326. The van der Waals surface area contributed by atoms with Gasteiger partial charge in [0.05, 0.1) is 5.60 Å². The highest BCUT2D eigenvalue weighted by molar-refractivity contribution is 9.10. The van der Waals surface area contributed by atoms with Gasteiger partial charge >= 0.3 is 0 Å². The van der Waals surface area contributed by atoms with Crippen LogP contribution in [-0.2, 0) is 0 Å². The van der Waals surface area contributed by atoms with Crippen molar-refractivity contribution in [3.8, 4) is 0 Å². The number of benzene rings is 1. The largest absolute Gasteiger partial charge is 0.389 e. The zero-order valence-electron chi connectivity index (χ0n) is 11.1. The fraction of sp³-hybridized carbons (Fsp3) is 0.571. The molecule has 2 N–H and O–H groups in total. The molecule has 0 amide bonds. The van der Waals surface area contributed by atoms with Gasteiger partial charge in [-0.05, 0) is 37.5 Å². The predicted molar refractivity (Wildman–Crippen MR) is 76.0 cm³/mol. The van der Waals surface area contributed by atoms with E-state index in [0.29, 0.717) is 19.4 Å². The van der Waals surface area contributed by atoms with Gasteiger partial charge in [-0.2, -0.15) is 0 Å². The van der Waals surface area contributed by atoms with Crippen LogP contribution in [0, 0.1) is 5.82 Å². The lowest BCUT2D eigenvalue weighted by Gasteiger charge is -2.28. The van der Waals surface area contributed by atoms with Crippen LogP contribution in [0.2, 0.25) is 0 Å². The molecule has 0 saturated heterocycles. The molecule has 1 rings (SSSR count). The molecule has 0 aliphatic carbocycles. The Morgan fingerprint density at radius 2 is 2.00 bits per heavy atom. The molecule has 0 radical (unpaired) electrons. The van der Waals surface area contributed by atoms with E-state index in [2.05, 4.69) is 21.2 Å². The van der Waals surface area contributed by atoms with Crippen LogP contribution in [-0.4, -0.2) is 17.3 Å². The van der Waals surface area contributed by atoms with E-state index in [-0.39, 0.29) is 11.9 Å². The molecule has 1 unspecified atom stereocenters. The van der Waals surface area contributed by atoms with Crippen molar-refractivity contribution in [2.24, 2.45) is 0 Å². The van der Waals surface area contributed by atoms with Crippen molar-refractivity contribution in [1.82, 2.24) is 5.32 Å². The highest BCUT2D eigenvalue weighted by Crippen LogP contribution is 2.25. The van der Waals surface area contributed by atoms with E-state index in [4.69, 9.17) is 0 Å². The van der Waals surface area contributed by atoms with Crippen molar-refractivity contribution < 1.29 is 9.50 Å². The van der Waals surface area contributed by atoms with Gasteiger partial charge in [0.25, 0.3) is 0 Å². The summed E-state index contributed by atoms with van der Waals surface area (Å²) in [7, 11) is 0. The van der Waals surface area contributed by atoms with Crippen LogP contribution >= 0.6 is 15.9 Å². The van der Waals surface area contributed by atoms with Crippen LogP contribution in [0.4, 0.5) is 4.39 Å². The van der Waals surface area contributed by atoms with E-state index in [9.17, 15) is 9.50 Å². The molecule has 0 aliphatic rings. The monoisotopic (exact) mass is 317 g/mol. The molecule has 0 bridgehead atoms. The van der Waals surface area contributed by atoms with Gasteiger partial charge < -0.3 is 10.4 Å². The Hall–Kier alpha value is -0.450. The normalized spacial score (nSPS) is 13.7. The van der Waals surface area contributed by atoms with Gasteiger partial charge in [0.15, 0.2) is 0 Å². The molecule has 1 aromatic rings. The summed E-state index contributed by atoms with van der Waals surface area (Å²) < 4.78 is 13.8. The minimum Gasteiger partial charge on any atom is -0.389 e. The maximum atomic E-state index is 13.0. The van der Waals surface area contributed by atoms with Gasteiger partial charge in [-0.3, -0.25) is 0 Å². The van der Waals surface area contributed by atoms with E-state index in [1.165, 1.54) is 12.1 Å². The standard InChI is InChI=1S/C14H21BrFNO/c1-4-14(18,5-2)9-17-10(3)12-7-6-11(16)8-13(12)15/h6-8,10,17-18H,4-5,9H2,1-3H3. The lowest BCUT2D eigenvalue weighted by molar-refractivity contribution is 0.0303. The van der Waals surface area contributed by atoms with Crippen LogP contribution < -0.4 is 5.32 Å². The summed E-state index contributed by atoms with van der Waals surface area (Å²) in [6.07, 6.45) is 1.43. The van der Waals surface area contributed by atoms with E-state index in [0.717, 1.165) is 10.0 Å². The Labute approximate surface area is 117 Å². The smallest absolute Gasteiger partial charge is 0.124 e. The third-order valence-electron chi connectivity index (χ3n) is 3.48. The molecule has 0 saturated carbocycles. The van der Waals surface area contributed by atoms with Crippen molar-refractivity contribution in [3.05, 3.63) is 34.1 Å². The number of aliphatic hydroxyl groups is 1. The highest BCUT2D eigenvalue weighted by atomic mass is 79.9. The molecule has 0 spiro atoms. The van der Waals surface area contributed by atoms with Crippen molar-refractivity contribution in [3.63, 3.8) is 0 Å². The van der Waals surface area contributed by atoms with Gasteiger partial charge in [-0.1, -0.05) is 35.8 Å². The molecule has 2 nitrogen and oxygen atoms in total. The number of hydrogen-bond donors (Lipinski definition) is 2. The summed E-state index contributed by atoms with van der Waals surface area (Å²) >= 11 is 3.36. The lowest BCUT2D eigenvalue weighted by atomic mass is 9.96. The number of nitrogens with one attached hydrogen (secondary N) is 1. The summed E-state index contributed by atoms with van der Waals surface area (Å²) in [4.78, 5) is 0. The molecular weight excluding hydrogens is 297 g/mol. The van der Waals surface area contributed by atoms with Gasteiger partial charge in [0.1, 0.15) is 5.82 Å². The molecule has 1 aromatic carbocycles. The van der Waals surface area contributed by atoms with Crippen molar-refractivity contribution in [2.75, 3.05) is 6.54 Å². The molecule has 0 heterocycles. The maximum Gasteiger partial charge on any atom is 0.124 e. The first-order valence-corrected chi connectivity index (χ1v) is 7.12. The van der Waals surface area contributed by atoms with E-state index in [1.807, 2.05) is 20.8 Å². The van der Waals surface area contributed by atoms with E-state index >= 15 is 0 Å². The van der Waals surface area contributed by atoms with Crippen LogP contribution in [0.5, 0.6) is 0 Å². The highest BCUT2D eigenvalue weighted by Gasteiger charge is 2.23. The van der Waals surface area contributed by atoms with Crippen molar-refractivity contribution in [1.29, 1.82) is 0 Å². The molecule has 4 heteroatoms. The van der Waals surface area contributed by atoms with Crippen molar-refractivity contribution >= 4 is 15.9 Å². The Morgan fingerprint density at radius 3 is 2.50 bits per heavy atom. The zero-order chi connectivity index (χ0) is 13.8. The third kappa shape index (κ3) is 4.04. The predicted octanol–water partition coefficient (Wildman–Crippen LogP) is 3.79. The van der Waals surface area contributed by atoms with Crippen LogP contribution in [0.3, 0.4) is 0 Å². The molecule has 102 valence electrons.